The molecule has 2 aromatic heterocycles. The molecule has 3 heterocycles. The van der Waals surface area contributed by atoms with Gasteiger partial charge >= 0.3 is 0 Å². The Kier molecular flexibility index (Phi) is 6.20. The van der Waals surface area contributed by atoms with E-state index in [-0.39, 0.29) is 17.9 Å². The van der Waals surface area contributed by atoms with Gasteiger partial charge in [-0.25, -0.2) is 15.0 Å². The number of methoxy groups -OCH3 is 1. The first-order valence-electron chi connectivity index (χ1n) is 10.4. The second-order valence-corrected chi connectivity index (χ2v) is 7.96. The van der Waals surface area contributed by atoms with Gasteiger partial charge in [0.25, 0.3) is 5.91 Å². The molecular formula is C21H29N5O3. The number of hydrogen-bond donors (Lipinski definition) is 1. The Bertz CT molecular complexity index is 839. The van der Waals surface area contributed by atoms with Crippen molar-refractivity contribution in [2.75, 3.05) is 20.3 Å². The van der Waals surface area contributed by atoms with Gasteiger partial charge in [-0.15, -0.1) is 0 Å². The van der Waals surface area contributed by atoms with E-state index < -0.39 is 0 Å². The van der Waals surface area contributed by atoms with E-state index in [1.165, 1.54) is 0 Å². The van der Waals surface area contributed by atoms with Crippen LogP contribution in [-0.2, 0) is 16.5 Å². The number of ether oxygens (including phenoxy) is 2. The number of nitrogens with one attached hydrogen (secondary N) is 1. The van der Waals surface area contributed by atoms with Crippen molar-refractivity contribution in [2.24, 2.45) is 7.05 Å². The molecule has 1 aliphatic heterocycles. The molecule has 0 radical (unpaired) electrons. The van der Waals surface area contributed by atoms with Crippen molar-refractivity contribution in [2.45, 2.75) is 56.6 Å². The monoisotopic (exact) mass is 399 g/mol. The zero-order valence-electron chi connectivity index (χ0n) is 17.1. The smallest absolute Gasteiger partial charge is 0.270 e. The maximum Gasteiger partial charge on any atom is 0.270 e. The van der Waals surface area contributed by atoms with Crippen molar-refractivity contribution in [3.05, 3.63) is 30.0 Å². The van der Waals surface area contributed by atoms with Crippen LogP contribution in [-0.4, -0.2) is 57.9 Å². The van der Waals surface area contributed by atoms with Crippen molar-refractivity contribution in [1.82, 2.24) is 24.8 Å². The summed E-state index contributed by atoms with van der Waals surface area (Å²) in [7, 11) is 3.66. The average molecular weight is 399 g/mol. The lowest BCUT2D eigenvalue weighted by molar-refractivity contribution is 0.0598. The average Bonchev–Trinajstić information content (AvgIpc) is 3.20. The topological polar surface area (TPSA) is 91.2 Å². The van der Waals surface area contributed by atoms with Gasteiger partial charge < -0.3 is 19.4 Å². The van der Waals surface area contributed by atoms with E-state index in [0.29, 0.717) is 17.6 Å². The van der Waals surface area contributed by atoms with E-state index in [1.54, 1.807) is 19.6 Å². The van der Waals surface area contributed by atoms with Crippen molar-refractivity contribution in [3.63, 3.8) is 0 Å². The number of rotatable bonds is 5. The third kappa shape index (κ3) is 4.64. The molecule has 1 N–H and O–H groups in total. The summed E-state index contributed by atoms with van der Waals surface area (Å²) in [5, 5.41) is 3.17. The molecule has 2 aromatic rings. The van der Waals surface area contributed by atoms with Crippen LogP contribution in [0, 0.1) is 0 Å². The molecule has 0 spiro atoms. The third-order valence-corrected chi connectivity index (χ3v) is 6.01. The second-order valence-electron chi connectivity index (χ2n) is 7.96. The fraction of sp³-hybridized carbons (Fsp3) is 0.619. The predicted molar refractivity (Wildman–Crippen MR) is 108 cm³/mol. The molecule has 4 rings (SSSR count). The molecular weight excluding hydrogens is 370 g/mol. The van der Waals surface area contributed by atoms with E-state index >= 15 is 0 Å². The molecule has 0 aromatic carbocycles. The molecule has 1 aliphatic carbocycles. The van der Waals surface area contributed by atoms with Gasteiger partial charge in [0.05, 0.1) is 18.6 Å². The highest BCUT2D eigenvalue weighted by atomic mass is 16.5. The summed E-state index contributed by atoms with van der Waals surface area (Å²) in [6.45, 7) is 1.44. The highest BCUT2D eigenvalue weighted by Crippen LogP contribution is 2.28. The van der Waals surface area contributed by atoms with Crippen molar-refractivity contribution in [3.8, 4) is 11.5 Å². The summed E-state index contributed by atoms with van der Waals surface area (Å²) in [6, 6.07) is 2.02. The fourth-order valence-corrected chi connectivity index (χ4v) is 4.17. The molecule has 156 valence electrons. The number of carbonyl (C=O) groups is 1. The Hall–Kier alpha value is -2.32. The molecule has 1 amide bonds. The zero-order valence-corrected chi connectivity index (χ0v) is 17.1. The predicted octanol–water partition coefficient (Wildman–Crippen LogP) is 2.46. The molecule has 1 saturated carbocycles. The van der Waals surface area contributed by atoms with E-state index in [0.717, 1.165) is 63.1 Å². The molecule has 8 heteroatoms. The van der Waals surface area contributed by atoms with Crippen LogP contribution >= 0.6 is 0 Å². The fourth-order valence-electron chi connectivity index (χ4n) is 4.17. The van der Waals surface area contributed by atoms with Gasteiger partial charge in [0.15, 0.2) is 5.82 Å². The summed E-state index contributed by atoms with van der Waals surface area (Å²) in [4.78, 5) is 26.6. The van der Waals surface area contributed by atoms with Gasteiger partial charge in [0.2, 0.25) is 0 Å². The summed E-state index contributed by atoms with van der Waals surface area (Å²) in [5.41, 5.74) is 2.13. The molecule has 29 heavy (non-hydrogen) atoms. The minimum atomic E-state index is -0.134. The molecule has 2 fully saturated rings. The summed E-state index contributed by atoms with van der Waals surface area (Å²) < 4.78 is 12.8. The van der Waals surface area contributed by atoms with Crippen LogP contribution in [0.3, 0.4) is 0 Å². The number of aromatic nitrogens is 4. The van der Waals surface area contributed by atoms with Crippen LogP contribution in [0.25, 0.3) is 11.5 Å². The number of carbonyl (C=O) groups excluding carboxylic acids is 1. The Balaban J connectivity index is 1.58. The van der Waals surface area contributed by atoms with Gasteiger partial charge in [0, 0.05) is 45.0 Å². The number of imidazole rings is 1. The first-order chi connectivity index (χ1) is 14.1. The van der Waals surface area contributed by atoms with E-state index in [4.69, 9.17) is 14.5 Å². The standard InChI is InChI=1S/C21H29N5O3/c1-26-13-22-12-19(26)20-24-17(14-7-9-29-10-8-14)11-18(25-20)21(27)23-15-3-5-16(28-2)6-4-15/h11-16H,3-10H2,1-2H3,(H,23,27)/t15-,16-. The quantitative estimate of drug-likeness (QED) is 0.830. The maximum absolute atomic E-state index is 13.0. The Morgan fingerprint density at radius 3 is 2.59 bits per heavy atom. The van der Waals surface area contributed by atoms with Crippen molar-refractivity contribution >= 4 is 5.91 Å². The van der Waals surface area contributed by atoms with E-state index in [9.17, 15) is 4.79 Å². The second kappa shape index (κ2) is 9.00. The summed E-state index contributed by atoms with van der Waals surface area (Å²) >= 11 is 0. The van der Waals surface area contributed by atoms with Crippen LogP contribution in [0.15, 0.2) is 18.6 Å². The SMILES string of the molecule is CO[C@H]1CC[C@H](NC(=O)c2cc(C3CCOCC3)nc(-c3cncn3C)n2)CC1. The third-order valence-electron chi connectivity index (χ3n) is 6.01. The normalized spacial score (nSPS) is 23.1. The van der Waals surface area contributed by atoms with Crippen LogP contribution in [0.2, 0.25) is 0 Å². The first-order valence-corrected chi connectivity index (χ1v) is 10.4. The van der Waals surface area contributed by atoms with E-state index in [2.05, 4.69) is 15.3 Å². The number of nitrogens with zero attached hydrogens (tertiary/aromatic N) is 4. The summed E-state index contributed by atoms with van der Waals surface area (Å²) in [6.07, 6.45) is 9.36. The number of hydrogen-bond acceptors (Lipinski definition) is 6. The lowest BCUT2D eigenvalue weighted by Crippen LogP contribution is -2.39. The van der Waals surface area contributed by atoms with Crippen LogP contribution in [0.5, 0.6) is 0 Å². The Morgan fingerprint density at radius 2 is 1.93 bits per heavy atom. The van der Waals surface area contributed by atoms with Crippen LogP contribution in [0.1, 0.15) is 60.6 Å². The van der Waals surface area contributed by atoms with Gasteiger partial charge in [-0.1, -0.05) is 0 Å². The molecule has 0 unspecified atom stereocenters. The lowest BCUT2D eigenvalue weighted by atomic mass is 9.92. The molecule has 2 aliphatic rings. The van der Waals surface area contributed by atoms with Gasteiger partial charge in [0.1, 0.15) is 11.4 Å². The molecule has 8 nitrogen and oxygen atoms in total. The van der Waals surface area contributed by atoms with E-state index in [1.807, 2.05) is 17.7 Å². The minimum Gasteiger partial charge on any atom is -0.381 e. The van der Waals surface area contributed by atoms with Crippen LogP contribution < -0.4 is 5.32 Å². The van der Waals surface area contributed by atoms with Crippen LogP contribution in [0.4, 0.5) is 0 Å². The lowest BCUT2D eigenvalue weighted by Gasteiger charge is -2.28. The van der Waals surface area contributed by atoms with Crippen molar-refractivity contribution in [1.29, 1.82) is 0 Å². The number of aryl methyl sites for hydroxylation is 1. The highest BCUT2D eigenvalue weighted by Gasteiger charge is 2.25. The Labute approximate surface area is 171 Å². The summed E-state index contributed by atoms with van der Waals surface area (Å²) in [5.74, 6) is 0.689. The van der Waals surface area contributed by atoms with Gasteiger partial charge in [-0.3, -0.25) is 4.79 Å². The maximum atomic E-state index is 13.0. The van der Waals surface area contributed by atoms with Gasteiger partial charge in [-0.2, -0.15) is 0 Å². The highest BCUT2D eigenvalue weighted by molar-refractivity contribution is 5.93. The number of amides is 1. The first kappa shape index (κ1) is 20.0. The molecule has 0 bridgehead atoms. The van der Waals surface area contributed by atoms with Crippen molar-refractivity contribution < 1.29 is 14.3 Å². The zero-order chi connectivity index (χ0) is 20.2. The minimum absolute atomic E-state index is 0.134. The van der Waals surface area contributed by atoms with Gasteiger partial charge in [-0.05, 0) is 44.6 Å². The molecule has 1 saturated heterocycles. The Morgan fingerprint density at radius 1 is 1.17 bits per heavy atom. The molecule has 0 atom stereocenters. The largest absolute Gasteiger partial charge is 0.381 e.